The molecule has 0 amide bonds. The number of benzene rings is 2. The van der Waals surface area contributed by atoms with E-state index in [1.807, 2.05) is 0 Å². The fourth-order valence-electron chi connectivity index (χ4n) is 4.17. The molecule has 2 aromatic carbocycles. The van der Waals surface area contributed by atoms with E-state index < -0.39 is 0 Å². The monoisotopic (exact) mass is 322 g/mol. The third kappa shape index (κ3) is 3.13. The molecule has 3 heteroatoms. The number of ether oxygens (including phenoxy) is 1. The summed E-state index contributed by atoms with van der Waals surface area (Å²) in [4.78, 5) is 5.26. The van der Waals surface area contributed by atoms with Gasteiger partial charge in [0.2, 0.25) is 0 Å². The summed E-state index contributed by atoms with van der Waals surface area (Å²) in [6, 6.07) is 18.1. The Labute approximate surface area is 144 Å². The number of anilines is 1. The highest BCUT2D eigenvalue weighted by molar-refractivity contribution is 5.58. The van der Waals surface area contributed by atoms with Crippen LogP contribution in [0.15, 0.2) is 48.5 Å². The van der Waals surface area contributed by atoms with Gasteiger partial charge in [0.15, 0.2) is 0 Å². The zero-order valence-electron chi connectivity index (χ0n) is 14.4. The van der Waals surface area contributed by atoms with E-state index in [9.17, 15) is 0 Å². The fraction of sp³-hybridized carbons (Fsp3) is 0.429. The molecule has 126 valence electrons. The van der Waals surface area contributed by atoms with Crippen LogP contribution in [-0.2, 0) is 13.0 Å². The van der Waals surface area contributed by atoms with Crippen LogP contribution in [0.5, 0.6) is 5.75 Å². The predicted octanol–water partition coefficient (Wildman–Crippen LogP) is 3.72. The van der Waals surface area contributed by atoms with Crippen molar-refractivity contribution in [1.29, 1.82) is 0 Å². The molecule has 2 aromatic rings. The molecule has 1 fully saturated rings. The molecule has 0 aliphatic carbocycles. The second-order valence-corrected chi connectivity index (χ2v) is 6.95. The van der Waals surface area contributed by atoms with E-state index in [-0.39, 0.29) is 0 Å². The molecule has 2 aliphatic rings. The van der Waals surface area contributed by atoms with Gasteiger partial charge in [0, 0.05) is 37.9 Å². The Kier molecular flexibility index (Phi) is 4.44. The van der Waals surface area contributed by atoms with Gasteiger partial charge in [-0.05, 0) is 48.6 Å². The molecule has 0 bridgehead atoms. The molecule has 0 spiro atoms. The molecule has 24 heavy (non-hydrogen) atoms. The Morgan fingerprint density at radius 2 is 1.96 bits per heavy atom. The molecule has 0 N–H and O–H groups in total. The molecule has 0 saturated carbocycles. The lowest BCUT2D eigenvalue weighted by atomic mass is 10.1. The van der Waals surface area contributed by atoms with Gasteiger partial charge in [0.25, 0.3) is 0 Å². The first kappa shape index (κ1) is 15.5. The molecule has 1 unspecified atom stereocenters. The Morgan fingerprint density at radius 3 is 2.79 bits per heavy atom. The summed E-state index contributed by atoms with van der Waals surface area (Å²) >= 11 is 0. The summed E-state index contributed by atoms with van der Waals surface area (Å²) in [5.41, 5.74) is 4.30. The SMILES string of the molecule is COc1ccc2c(c1)CCCC1CN(Cc3ccccc3)CCN21. The minimum Gasteiger partial charge on any atom is -0.497 e. The van der Waals surface area contributed by atoms with Gasteiger partial charge < -0.3 is 9.64 Å². The van der Waals surface area contributed by atoms with Gasteiger partial charge in [-0.3, -0.25) is 4.90 Å². The summed E-state index contributed by atoms with van der Waals surface area (Å²) < 4.78 is 5.41. The zero-order chi connectivity index (χ0) is 16.4. The van der Waals surface area contributed by atoms with Crippen molar-refractivity contribution in [2.75, 3.05) is 31.6 Å². The number of rotatable bonds is 3. The lowest BCUT2D eigenvalue weighted by Crippen LogP contribution is -2.52. The van der Waals surface area contributed by atoms with Gasteiger partial charge in [-0.15, -0.1) is 0 Å². The van der Waals surface area contributed by atoms with Crippen molar-refractivity contribution in [3.8, 4) is 5.75 Å². The number of hydrogen-bond donors (Lipinski definition) is 0. The maximum atomic E-state index is 5.41. The highest BCUT2D eigenvalue weighted by Crippen LogP contribution is 2.34. The minimum atomic E-state index is 0.636. The number of fused-ring (bicyclic) bond motifs is 3. The average Bonchev–Trinajstić information content (AvgIpc) is 2.80. The van der Waals surface area contributed by atoms with Crippen LogP contribution in [-0.4, -0.2) is 37.7 Å². The maximum absolute atomic E-state index is 5.41. The van der Waals surface area contributed by atoms with E-state index >= 15 is 0 Å². The van der Waals surface area contributed by atoms with Crippen LogP contribution >= 0.6 is 0 Å². The second-order valence-electron chi connectivity index (χ2n) is 6.95. The van der Waals surface area contributed by atoms with E-state index in [1.54, 1.807) is 7.11 Å². The maximum Gasteiger partial charge on any atom is 0.119 e. The molecule has 0 aromatic heterocycles. The van der Waals surface area contributed by atoms with Gasteiger partial charge in [0.1, 0.15) is 5.75 Å². The molecular formula is C21H26N2O. The van der Waals surface area contributed by atoms with Crippen LogP contribution in [0.1, 0.15) is 24.0 Å². The predicted molar refractivity (Wildman–Crippen MR) is 98.8 cm³/mol. The van der Waals surface area contributed by atoms with Crippen molar-refractivity contribution in [3.63, 3.8) is 0 Å². The Balaban J connectivity index is 1.50. The third-order valence-corrected chi connectivity index (χ3v) is 5.40. The molecule has 4 rings (SSSR count). The first-order chi connectivity index (χ1) is 11.8. The number of aryl methyl sites for hydroxylation is 1. The highest BCUT2D eigenvalue weighted by Gasteiger charge is 2.30. The Morgan fingerprint density at radius 1 is 1.08 bits per heavy atom. The summed E-state index contributed by atoms with van der Waals surface area (Å²) in [5, 5.41) is 0. The van der Waals surface area contributed by atoms with Gasteiger partial charge in [0.05, 0.1) is 7.11 Å². The van der Waals surface area contributed by atoms with Crippen molar-refractivity contribution in [3.05, 3.63) is 59.7 Å². The topological polar surface area (TPSA) is 15.7 Å². The first-order valence-corrected chi connectivity index (χ1v) is 9.03. The van der Waals surface area contributed by atoms with Gasteiger partial charge in [-0.2, -0.15) is 0 Å². The van der Waals surface area contributed by atoms with E-state index in [1.165, 1.54) is 36.2 Å². The second kappa shape index (κ2) is 6.86. The van der Waals surface area contributed by atoms with Gasteiger partial charge in [-0.25, -0.2) is 0 Å². The van der Waals surface area contributed by atoms with Crippen LogP contribution in [0.4, 0.5) is 5.69 Å². The quantitative estimate of drug-likeness (QED) is 0.856. The summed E-state index contributed by atoms with van der Waals surface area (Å²) in [6.07, 6.45) is 3.71. The number of nitrogens with zero attached hydrogens (tertiary/aromatic N) is 2. The van der Waals surface area contributed by atoms with Crippen molar-refractivity contribution >= 4 is 5.69 Å². The molecule has 1 atom stereocenters. The van der Waals surface area contributed by atoms with E-state index in [0.29, 0.717) is 6.04 Å². The van der Waals surface area contributed by atoms with Gasteiger partial charge in [-0.1, -0.05) is 30.3 Å². The fourth-order valence-corrected chi connectivity index (χ4v) is 4.17. The lowest BCUT2D eigenvalue weighted by molar-refractivity contribution is 0.210. The minimum absolute atomic E-state index is 0.636. The average molecular weight is 322 g/mol. The van der Waals surface area contributed by atoms with E-state index in [2.05, 4.69) is 58.3 Å². The Bertz CT molecular complexity index is 685. The highest BCUT2D eigenvalue weighted by atomic mass is 16.5. The molecular weight excluding hydrogens is 296 g/mol. The van der Waals surface area contributed by atoms with Crippen molar-refractivity contribution < 1.29 is 4.74 Å². The third-order valence-electron chi connectivity index (χ3n) is 5.40. The van der Waals surface area contributed by atoms with Crippen LogP contribution < -0.4 is 9.64 Å². The molecule has 3 nitrogen and oxygen atoms in total. The normalized spacial score (nSPS) is 20.9. The van der Waals surface area contributed by atoms with E-state index in [0.717, 1.165) is 31.8 Å². The van der Waals surface area contributed by atoms with Gasteiger partial charge >= 0.3 is 0 Å². The first-order valence-electron chi connectivity index (χ1n) is 9.03. The number of hydrogen-bond acceptors (Lipinski definition) is 3. The van der Waals surface area contributed by atoms with Crippen molar-refractivity contribution in [2.24, 2.45) is 0 Å². The molecule has 1 saturated heterocycles. The Hall–Kier alpha value is -2.00. The molecule has 2 heterocycles. The zero-order valence-corrected chi connectivity index (χ0v) is 14.4. The van der Waals surface area contributed by atoms with E-state index in [4.69, 9.17) is 4.74 Å². The lowest BCUT2D eigenvalue weighted by Gasteiger charge is -2.42. The largest absolute Gasteiger partial charge is 0.497 e. The van der Waals surface area contributed by atoms with Crippen LogP contribution in [0.2, 0.25) is 0 Å². The van der Waals surface area contributed by atoms with Crippen LogP contribution in [0.25, 0.3) is 0 Å². The van der Waals surface area contributed by atoms with Crippen LogP contribution in [0.3, 0.4) is 0 Å². The molecule has 2 aliphatic heterocycles. The standard InChI is InChI=1S/C21H26N2O/c1-24-20-10-11-21-18(14-20)8-5-9-19-16-22(12-13-23(19)21)15-17-6-3-2-4-7-17/h2-4,6-7,10-11,14,19H,5,8-9,12-13,15-16H2,1H3. The van der Waals surface area contributed by atoms with Crippen molar-refractivity contribution in [1.82, 2.24) is 4.90 Å². The number of methoxy groups -OCH3 is 1. The van der Waals surface area contributed by atoms with Crippen LogP contribution in [0, 0.1) is 0 Å². The van der Waals surface area contributed by atoms with Crippen molar-refractivity contribution in [2.45, 2.75) is 31.8 Å². The summed E-state index contributed by atoms with van der Waals surface area (Å²) in [6.45, 7) is 4.49. The number of piperazine rings is 1. The molecule has 0 radical (unpaired) electrons. The summed E-state index contributed by atoms with van der Waals surface area (Å²) in [5.74, 6) is 0.981. The summed E-state index contributed by atoms with van der Waals surface area (Å²) in [7, 11) is 1.75. The smallest absolute Gasteiger partial charge is 0.119 e.